The molecule has 0 saturated heterocycles. The van der Waals surface area contributed by atoms with Gasteiger partial charge in [0.2, 0.25) is 0 Å². The summed E-state index contributed by atoms with van der Waals surface area (Å²) in [5.41, 5.74) is 9.21. The Morgan fingerprint density at radius 2 is 1.86 bits per heavy atom. The first-order valence-corrected chi connectivity index (χ1v) is 6.74. The Morgan fingerprint density at radius 3 is 2.50 bits per heavy atom. The van der Waals surface area contributed by atoms with E-state index >= 15 is 0 Å². The van der Waals surface area contributed by atoms with Crippen LogP contribution in [-0.2, 0) is 6.42 Å². The second kappa shape index (κ2) is 7.12. The monoisotopic (exact) mass is 299 g/mol. The first-order valence-electron chi connectivity index (χ1n) is 6.74. The lowest BCUT2D eigenvalue weighted by Crippen LogP contribution is -2.26. The predicted molar refractivity (Wildman–Crippen MR) is 83.8 cm³/mol. The Bertz CT molecular complexity index is 684. The number of aromatic hydroxyl groups is 2. The van der Waals surface area contributed by atoms with Crippen LogP contribution in [0.3, 0.4) is 0 Å². The number of carbonyl (C=O) groups excluding carboxylic acids is 1. The molecular weight excluding hydrogens is 282 g/mol. The zero-order valence-electron chi connectivity index (χ0n) is 11.9. The van der Waals surface area contributed by atoms with E-state index in [2.05, 4.69) is 10.5 Å². The van der Waals surface area contributed by atoms with Gasteiger partial charge in [0, 0.05) is 11.6 Å². The molecule has 0 spiro atoms. The fraction of sp³-hybridized carbons (Fsp3) is 0.125. The Kier molecular flexibility index (Phi) is 4.98. The van der Waals surface area contributed by atoms with Crippen LogP contribution >= 0.6 is 0 Å². The normalized spacial score (nSPS) is 11.2. The minimum Gasteiger partial charge on any atom is -0.508 e. The number of hydrazone groups is 1. The van der Waals surface area contributed by atoms with Crippen LogP contribution in [0, 0.1) is 0 Å². The number of rotatable bonds is 5. The number of hydrogen-bond acceptors (Lipinski definition) is 4. The van der Waals surface area contributed by atoms with E-state index in [-0.39, 0.29) is 11.5 Å². The number of urea groups is 1. The molecule has 6 nitrogen and oxygen atoms in total. The highest BCUT2D eigenvalue weighted by molar-refractivity contribution is 6.03. The molecule has 2 amide bonds. The minimum absolute atomic E-state index is 0.0495. The number of nitrogens with two attached hydrogens (primary N) is 1. The molecule has 114 valence electrons. The van der Waals surface area contributed by atoms with Crippen molar-refractivity contribution in [3.8, 4) is 11.5 Å². The summed E-state index contributed by atoms with van der Waals surface area (Å²) in [5, 5.41) is 23.2. The summed E-state index contributed by atoms with van der Waals surface area (Å²) in [4.78, 5) is 10.8. The minimum atomic E-state index is -0.782. The third kappa shape index (κ3) is 4.24. The summed E-state index contributed by atoms with van der Waals surface area (Å²) in [6.45, 7) is 0. The molecule has 2 aromatic rings. The molecule has 0 unspecified atom stereocenters. The van der Waals surface area contributed by atoms with Crippen LogP contribution in [0.2, 0.25) is 0 Å². The van der Waals surface area contributed by atoms with Crippen LogP contribution in [-0.4, -0.2) is 22.0 Å². The van der Waals surface area contributed by atoms with Gasteiger partial charge in [-0.3, -0.25) is 0 Å². The number of phenols is 2. The number of carbonyl (C=O) groups is 1. The number of primary amides is 1. The number of nitrogens with zero attached hydrogens (tertiary/aromatic N) is 1. The summed E-state index contributed by atoms with van der Waals surface area (Å²) < 4.78 is 0. The van der Waals surface area contributed by atoms with E-state index < -0.39 is 6.03 Å². The van der Waals surface area contributed by atoms with Crippen molar-refractivity contribution in [1.29, 1.82) is 0 Å². The Balaban J connectivity index is 2.22. The van der Waals surface area contributed by atoms with Gasteiger partial charge in [0.1, 0.15) is 11.5 Å². The second-order valence-electron chi connectivity index (χ2n) is 4.72. The Hall–Kier alpha value is -3.02. The highest BCUT2D eigenvalue weighted by atomic mass is 16.3. The molecule has 22 heavy (non-hydrogen) atoms. The summed E-state index contributed by atoms with van der Waals surface area (Å²) in [7, 11) is 0. The molecule has 6 heteroatoms. The van der Waals surface area contributed by atoms with Crippen molar-refractivity contribution in [3.63, 3.8) is 0 Å². The fourth-order valence-electron chi connectivity index (χ4n) is 2.04. The quantitative estimate of drug-likeness (QED) is 0.501. The van der Waals surface area contributed by atoms with E-state index in [4.69, 9.17) is 5.73 Å². The number of benzene rings is 2. The smallest absolute Gasteiger partial charge is 0.332 e. The summed E-state index contributed by atoms with van der Waals surface area (Å²) >= 11 is 0. The first-order chi connectivity index (χ1) is 10.6. The summed E-state index contributed by atoms with van der Waals surface area (Å²) in [6.07, 6.45) is 1.17. The average Bonchev–Trinajstić information content (AvgIpc) is 2.49. The van der Waals surface area contributed by atoms with Gasteiger partial charge in [0.25, 0.3) is 0 Å². The third-order valence-corrected chi connectivity index (χ3v) is 3.09. The molecule has 0 aliphatic carbocycles. The number of nitrogens with one attached hydrogen (secondary N) is 1. The maximum absolute atomic E-state index is 10.8. The van der Waals surface area contributed by atoms with Crippen LogP contribution in [0.15, 0.2) is 53.6 Å². The molecule has 0 atom stereocenters. The molecule has 5 N–H and O–H groups in total. The molecule has 2 rings (SSSR count). The number of phenolic OH excluding ortho intramolecular Hbond substituents is 2. The van der Waals surface area contributed by atoms with Crippen molar-refractivity contribution < 1.29 is 15.0 Å². The highest BCUT2D eigenvalue weighted by Crippen LogP contribution is 2.24. The van der Waals surface area contributed by atoms with Gasteiger partial charge in [-0.05, 0) is 30.5 Å². The van der Waals surface area contributed by atoms with Gasteiger partial charge in [-0.2, -0.15) is 5.10 Å². The van der Waals surface area contributed by atoms with E-state index in [0.717, 1.165) is 5.56 Å². The van der Waals surface area contributed by atoms with Crippen LogP contribution in [0.5, 0.6) is 11.5 Å². The van der Waals surface area contributed by atoms with Gasteiger partial charge < -0.3 is 15.9 Å². The maximum Gasteiger partial charge on any atom is 0.332 e. The number of hydrogen-bond donors (Lipinski definition) is 4. The molecule has 0 bridgehead atoms. The standard InChI is InChI=1S/C16H17N3O3/c17-16(22)19-18-14(9-6-11-4-2-1-3-5-11)13-8-7-12(20)10-15(13)21/h1-5,7-8,10,20-21H,6,9H2,(H3,17,19,22)/b18-14-. The molecular formula is C16H17N3O3. The molecule has 0 heterocycles. The van der Waals surface area contributed by atoms with E-state index in [0.29, 0.717) is 24.1 Å². The van der Waals surface area contributed by atoms with Crippen LogP contribution in [0.4, 0.5) is 4.79 Å². The number of amides is 2. The predicted octanol–water partition coefficient (Wildman–Crippen LogP) is 2.10. The highest BCUT2D eigenvalue weighted by Gasteiger charge is 2.11. The molecule has 0 radical (unpaired) electrons. The third-order valence-electron chi connectivity index (χ3n) is 3.09. The van der Waals surface area contributed by atoms with Gasteiger partial charge in [-0.25, -0.2) is 10.2 Å². The fourth-order valence-corrected chi connectivity index (χ4v) is 2.04. The lowest BCUT2D eigenvalue weighted by atomic mass is 10.0. The largest absolute Gasteiger partial charge is 0.508 e. The van der Waals surface area contributed by atoms with Crippen LogP contribution in [0.25, 0.3) is 0 Å². The second-order valence-corrected chi connectivity index (χ2v) is 4.72. The van der Waals surface area contributed by atoms with Gasteiger partial charge in [-0.15, -0.1) is 0 Å². The van der Waals surface area contributed by atoms with Crippen molar-refractivity contribution in [2.75, 3.05) is 0 Å². The zero-order valence-corrected chi connectivity index (χ0v) is 11.9. The summed E-state index contributed by atoms with van der Waals surface area (Å²) in [6, 6.07) is 13.2. The SMILES string of the molecule is NC(=O)N/N=C(/CCc1ccccc1)c1ccc(O)cc1O. The zero-order chi connectivity index (χ0) is 15.9. The number of aryl methyl sites for hydroxylation is 1. The van der Waals surface area contributed by atoms with Crippen molar-refractivity contribution in [1.82, 2.24) is 5.43 Å². The average molecular weight is 299 g/mol. The lowest BCUT2D eigenvalue weighted by molar-refractivity contribution is 0.249. The van der Waals surface area contributed by atoms with Gasteiger partial charge in [-0.1, -0.05) is 30.3 Å². The van der Waals surface area contributed by atoms with E-state index in [1.165, 1.54) is 18.2 Å². The Morgan fingerprint density at radius 1 is 1.14 bits per heavy atom. The van der Waals surface area contributed by atoms with Crippen molar-refractivity contribution in [2.24, 2.45) is 10.8 Å². The molecule has 2 aromatic carbocycles. The molecule has 0 aliphatic heterocycles. The topological polar surface area (TPSA) is 108 Å². The van der Waals surface area contributed by atoms with Crippen molar-refractivity contribution in [3.05, 3.63) is 59.7 Å². The van der Waals surface area contributed by atoms with Gasteiger partial charge in [0.05, 0.1) is 5.71 Å². The van der Waals surface area contributed by atoms with Crippen molar-refractivity contribution >= 4 is 11.7 Å². The Labute approximate surface area is 127 Å². The summed E-state index contributed by atoms with van der Waals surface area (Å²) in [5.74, 6) is -0.162. The maximum atomic E-state index is 10.8. The van der Waals surface area contributed by atoms with E-state index in [1.807, 2.05) is 30.3 Å². The molecule has 0 aromatic heterocycles. The van der Waals surface area contributed by atoms with Gasteiger partial charge >= 0.3 is 6.03 Å². The van der Waals surface area contributed by atoms with Crippen molar-refractivity contribution in [2.45, 2.75) is 12.8 Å². The van der Waals surface area contributed by atoms with E-state index in [9.17, 15) is 15.0 Å². The molecule has 0 saturated carbocycles. The lowest BCUT2D eigenvalue weighted by Gasteiger charge is -2.09. The first kappa shape index (κ1) is 15.4. The van der Waals surface area contributed by atoms with Crippen LogP contribution < -0.4 is 11.2 Å². The molecule has 0 fully saturated rings. The van der Waals surface area contributed by atoms with E-state index in [1.54, 1.807) is 0 Å². The van der Waals surface area contributed by atoms with Gasteiger partial charge in [0.15, 0.2) is 0 Å². The van der Waals surface area contributed by atoms with Crippen LogP contribution in [0.1, 0.15) is 17.5 Å². The molecule has 0 aliphatic rings.